The third-order valence-electron chi connectivity index (χ3n) is 5.40. The molecule has 10 heteroatoms. The van der Waals surface area contributed by atoms with Crippen molar-refractivity contribution in [2.75, 3.05) is 24.3 Å². The van der Waals surface area contributed by atoms with Gasteiger partial charge in [-0.3, -0.25) is 14.9 Å². The summed E-state index contributed by atoms with van der Waals surface area (Å²) in [5.74, 6) is 1.24. The zero-order valence-electron chi connectivity index (χ0n) is 17.4. The van der Waals surface area contributed by atoms with Crippen molar-refractivity contribution in [1.29, 1.82) is 0 Å². The van der Waals surface area contributed by atoms with Gasteiger partial charge in [-0.1, -0.05) is 23.5 Å². The molecule has 2 heterocycles. The van der Waals surface area contributed by atoms with Crippen molar-refractivity contribution in [1.82, 2.24) is 15.3 Å². The van der Waals surface area contributed by atoms with Gasteiger partial charge in [-0.15, -0.1) is 0 Å². The fraction of sp³-hybridized carbons (Fsp3) is 0.381. The van der Waals surface area contributed by atoms with Crippen molar-refractivity contribution in [2.45, 2.75) is 37.8 Å². The molecule has 1 amide bonds. The van der Waals surface area contributed by atoms with Crippen molar-refractivity contribution in [3.63, 3.8) is 0 Å². The van der Waals surface area contributed by atoms with Gasteiger partial charge in [0, 0.05) is 37.6 Å². The molecule has 4 rings (SSSR count). The summed E-state index contributed by atoms with van der Waals surface area (Å²) in [5, 5.41) is 18.3. The number of anilines is 2. The van der Waals surface area contributed by atoms with E-state index in [1.807, 2.05) is 43.3 Å². The largest absolute Gasteiger partial charge is 0.362 e. The van der Waals surface area contributed by atoms with Crippen LogP contribution >= 0.6 is 11.3 Å². The van der Waals surface area contributed by atoms with Gasteiger partial charge in [-0.25, -0.2) is 4.98 Å². The van der Waals surface area contributed by atoms with Gasteiger partial charge < -0.3 is 15.5 Å². The van der Waals surface area contributed by atoms with Crippen LogP contribution in [-0.2, 0) is 0 Å². The highest BCUT2D eigenvalue weighted by Crippen LogP contribution is 2.27. The number of nitro groups is 1. The lowest BCUT2D eigenvalue weighted by Gasteiger charge is -2.29. The molecule has 31 heavy (non-hydrogen) atoms. The number of carbonyl (C=O) groups excluding carboxylic acids is 1. The number of rotatable bonds is 6. The summed E-state index contributed by atoms with van der Waals surface area (Å²) < 4.78 is 0. The maximum absolute atomic E-state index is 12.4. The second-order valence-corrected chi connectivity index (χ2v) is 8.91. The SMILES string of the molecule is CN(C)c1nc(N[C@H]2CC[C@@H](NC(=O)c3ccc([N+](=O)[O-])s3)CC2)nc2ccccc12. The zero-order chi connectivity index (χ0) is 22.0. The molecule has 0 atom stereocenters. The number of aromatic nitrogens is 2. The predicted molar refractivity (Wildman–Crippen MR) is 122 cm³/mol. The summed E-state index contributed by atoms with van der Waals surface area (Å²) in [5.41, 5.74) is 0.898. The topological polar surface area (TPSA) is 113 Å². The van der Waals surface area contributed by atoms with E-state index in [4.69, 9.17) is 4.98 Å². The Morgan fingerprint density at radius 1 is 1.10 bits per heavy atom. The number of benzene rings is 1. The summed E-state index contributed by atoms with van der Waals surface area (Å²) in [4.78, 5) is 34.4. The second-order valence-electron chi connectivity index (χ2n) is 7.84. The minimum absolute atomic E-state index is 0.0227. The van der Waals surface area contributed by atoms with Crippen LogP contribution in [0.15, 0.2) is 36.4 Å². The molecule has 162 valence electrons. The van der Waals surface area contributed by atoms with Gasteiger partial charge in [0.1, 0.15) is 5.82 Å². The van der Waals surface area contributed by atoms with Crippen LogP contribution in [0.2, 0.25) is 0 Å². The number of para-hydroxylation sites is 1. The third kappa shape index (κ3) is 4.74. The number of fused-ring (bicyclic) bond motifs is 1. The number of amides is 1. The Morgan fingerprint density at radius 2 is 1.81 bits per heavy atom. The minimum atomic E-state index is -0.477. The monoisotopic (exact) mass is 440 g/mol. The number of hydrogen-bond donors (Lipinski definition) is 2. The van der Waals surface area contributed by atoms with E-state index in [1.165, 1.54) is 12.1 Å². The molecule has 1 aromatic carbocycles. The Hall–Kier alpha value is -3.27. The van der Waals surface area contributed by atoms with Crippen LogP contribution in [-0.4, -0.2) is 47.0 Å². The molecule has 1 aliphatic carbocycles. The zero-order valence-corrected chi connectivity index (χ0v) is 18.2. The standard InChI is InChI=1S/C21H24N6O3S/c1-26(2)19-15-5-3-4-6-16(15)24-21(25-19)23-14-9-7-13(8-10-14)22-20(28)17-11-12-18(31-17)27(29)30/h3-6,11-14H,7-10H2,1-2H3,(H,22,28)(H,23,24,25)/t13-,14+. The van der Waals surface area contributed by atoms with Crippen molar-refractivity contribution in [3.05, 3.63) is 51.4 Å². The molecule has 1 aliphatic rings. The number of hydrogen-bond acceptors (Lipinski definition) is 8. The first-order valence-corrected chi connectivity index (χ1v) is 11.0. The van der Waals surface area contributed by atoms with Crippen molar-refractivity contribution < 1.29 is 9.72 Å². The van der Waals surface area contributed by atoms with E-state index in [2.05, 4.69) is 15.6 Å². The van der Waals surface area contributed by atoms with Crippen LogP contribution in [0.1, 0.15) is 35.4 Å². The van der Waals surface area contributed by atoms with Gasteiger partial charge in [-0.2, -0.15) is 4.98 Å². The summed E-state index contributed by atoms with van der Waals surface area (Å²) in [6.07, 6.45) is 3.40. The molecule has 0 radical (unpaired) electrons. The molecule has 0 bridgehead atoms. The number of nitrogens with one attached hydrogen (secondary N) is 2. The maximum Gasteiger partial charge on any atom is 0.324 e. The minimum Gasteiger partial charge on any atom is -0.362 e. The van der Waals surface area contributed by atoms with Gasteiger partial charge in [0.2, 0.25) is 5.95 Å². The van der Waals surface area contributed by atoms with E-state index >= 15 is 0 Å². The molecule has 0 saturated heterocycles. The molecule has 0 aliphatic heterocycles. The highest BCUT2D eigenvalue weighted by molar-refractivity contribution is 7.17. The lowest BCUT2D eigenvalue weighted by atomic mass is 9.91. The van der Waals surface area contributed by atoms with Crippen LogP contribution in [0.25, 0.3) is 10.9 Å². The number of thiophene rings is 1. The lowest BCUT2D eigenvalue weighted by molar-refractivity contribution is -0.380. The molecule has 0 spiro atoms. The average molecular weight is 441 g/mol. The summed E-state index contributed by atoms with van der Waals surface area (Å²) in [6, 6.07) is 11.1. The molecule has 2 aromatic heterocycles. The van der Waals surface area contributed by atoms with E-state index in [-0.39, 0.29) is 23.0 Å². The fourth-order valence-electron chi connectivity index (χ4n) is 3.83. The Bertz CT molecular complexity index is 1110. The molecule has 1 saturated carbocycles. The van der Waals surface area contributed by atoms with E-state index < -0.39 is 4.92 Å². The Morgan fingerprint density at radius 3 is 2.48 bits per heavy atom. The molecule has 9 nitrogen and oxygen atoms in total. The Kier molecular flexibility index (Phi) is 5.99. The van der Waals surface area contributed by atoms with Gasteiger partial charge in [0.25, 0.3) is 5.91 Å². The van der Waals surface area contributed by atoms with E-state index in [0.717, 1.165) is 53.7 Å². The van der Waals surface area contributed by atoms with Crippen molar-refractivity contribution in [3.8, 4) is 0 Å². The highest BCUT2D eigenvalue weighted by Gasteiger charge is 2.25. The summed E-state index contributed by atoms with van der Waals surface area (Å²) >= 11 is 0.900. The van der Waals surface area contributed by atoms with Crippen LogP contribution < -0.4 is 15.5 Å². The lowest BCUT2D eigenvalue weighted by Crippen LogP contribution is -2.40. The van der Waals surface area contributed by atoms with Gasteiger partial charge >= 0.3 is 5.00 Å². The first-order valence-electron chi connectivity index (χ1n) is 10.2. The number of nitrogens with zero attached hydrogens (tertiary/aromatic N) is 4. The number of carbonyl (C=O) groups is 1. The van der Waals surface area contributed by atoms with Crippen molar-refractivity contribution >= 4 is 44.9 Å². The van der Waals surface area contributed by atoms with Crippen LogP contribution in [0.5, 0.6) is 0 Å². The van der Waals surface area contributed by atoms with E-state index in [9.17, 15) is 14.9 Å². The average Bonchev–Trinajstić information content (AvgIpc) is 3.25. The smallest absolute Gasteiger partial charge is 0.324 e. The summed E-state index contributed by atoms with van der Waals surface area (Å²) in [7, 11) is 3.93. The molecule has 2 N–H and O–H groups in total. The molecule has 0 unspecified atom stereocenters. The predicted octanol–water partition coefficient (Wildman–Crippen LogP) is 3.82. The van der Waals surface area contributed by atoms with Crippen LogP contribution in [0.3, 0.4) is 0 Å². The van der Waals surface area contributed by atoms with Gasteiger partial charge in [0.15, 0.2) is 0 Å². The molecular formula is C21H24N6O3S. The maximum atomic E-state index is 12.4. The van der Waals surface area contributed by atoms with Crippen LogP contribution in [0.4, 0.5) is 16.8 Å². The molecule has 1 fully saturated rings. The molecular weight excluding hydrogens is 416 g/mol. The first-order chi connectivity index (χ1) is 14.9. The second kappa shape index (κ2) is 8.84. The van der Waals surface area contributed by atoms with Gasteiger partial charge in [0.05, 0.1) is 15.3 Å². The van der Waals surface area contributed by atoms with Crippen LogP contribution in [0, 0.1) is 10.1 Å². The first kappa shape index (κ1) is 21.0. The third-order valence-corrected chi connectivity index (χ3v) is 6.43. The fourth-order valence-corrected chi connectivity index (χ4v) is 4.56. The Balaban J connectivity index is 1.36. The normalized spacial score (nSPS) is 18.5. The van der Waals surface area contributed by atoms with Gasteiger partial charge in [-0.05, 0) is 43.9 Å². The summed E-state index contributed by atoms with van der Waals surface area (Å²) in [6.45, 7) is 0. The Labute approximate surface area is 183 Å². The van der Waals surface area contributed by atoms with E-state index in [1.54, 1.807) is 0 Å². The van der Waals surface area contributed by atoms with Crippen molar-refractivity contribution in [2.24, 2.45) is 0 Å². The highest BCUT2D eigenvalue weighted by atomic mass is 32.1. The van der Waals surface area contributed by atoms with E-state index in [0.29, 0.717) is 10.8 Å². The quantitative estimate of drug-likeness (QED) is 0.442. The molecule has 3 aromatic rings.